The average Bonchev–Trinajstić information content (AvgIpc) is 3.06. The van der Waals surface area contributed by atoms with Gasteiger partial charge in [0.2, 0.25) is 11.8 Å². The first-order valence-corrected chi connectivity index (χ1v) is 8.18. The summed E-state index contributed by atoms with van der Waals surface area (Å²) in [5, 5.41) is 12.6. The summed E-state index contributed by atoms with van der Waals surface area (Å²) in [6.45, 7) is 1.26. The fourth-order valence-electron chi connectivity index (χ4n) is 2.66. The van der Waals surface area contributed by atoms with Crippen LogP contribution >= 0.6 is 11.6 Å². The quantitative estimate of drug-likeness (QED) is 0.690. The average molecular weight is 364 g/mol. The van der Waals surface area contributed by atoms with Crippen molar-refractivity contribution >= 4 is 23.4 Å². The number of nitrogens with one attached hydrogen (secondary N) is 3. The van der Waals surface area contributed by atoms with Crippen LogP contribution in [0.15, 0.2) is 28.8 Å². The van der Waals surface area contributed by atoms with E-state index in [0.717, 1.165) is 5.56 Å². The molecule has 0 bridgehead atoms. The highest BCUT2D eigenvalue weighted by atomic mass is 35.5. The number of amides is 2. The predicted octanol–water partition coefficient (Wildman–Crippen LogP) is 0.531. The van der Waals surface area contributed by atoms with Gasteiger partial charge in [-0.25, -0.2) is 0 Å². The van der Waals surface area contributed by atoms with Crippen LogP contribution < -0.4 is 16.0 Å². The Hall–Kier alpha value is -2.45. The lowest BCUT2D eigenvalue weighted by Crippen LogP contribution is -2.62. The molecule has 0 atom stereocenters. The summed E-state index contributed by atoms with van der Waals surface area (Å²) < 4.78 is 4.97. The molecular weight excluding hydrogens is 346 g/mol. The number of carbonyl (C=O) groups is 2. The van der Waals surface area contributed by atoms with Gasteiger partial charge < -0.3 is 20.5 Å². The maximum atomic E-state index is 12.6. The van der Waals surface area contributed by atoms with Gasteiger partial charge in [0.15, 0.2) is 0 Å². The zero-order valence-corrected chi connectivity index (χ0v) is 14.4. The number of hydrogen-bond acceptors (Lipinski definition) is 6. The highest BCUT2D eigenvalue weighted by Crippen LogP contribution is 2.28. The fourth-order valence-corrected chi connectivity index (χ4v) is 2.79. The molecule has 9 heteroatoms. The number of hydrogen-bond donors (Lipinski definition) is 3. The van der Waals surface area contributed by atoms with Crippen molar-refractivity contribution in [1.29, 1.82) is 0 Å². The first-order chi connectivity index (χ1) is 12.0. The third kappa shape index (κ3) is 3.80. The van der Waals surface area contributed by atoms with Crippen molar-refractivity contribution in [3.8, 4) is 0 Å². The molecule has 8 nitrogen and oxygen atoms in total. The second kappa shape index (κ2) is 7.20. The second-order valence-electron chi connectivity index (χ2n) is 5.96. The van der Waals surface area contributed by atoms with Crippen LogP contribution in [0.4, 0.5) is 0 Å². The van der Waals surface area contributed by atoms with Gasteiger partial charge in [-0.1, -0.05) is 28.9 Å². The monoisotopic (exact) mass is 363 g/mol. The minimum atomic E-state index is -0.516. The van der Waals surface area contributed by atoms with E-state index >= 15 is 0 Å². The third-order valence-corrected chi connectivity index (χ3v) is 4.41. The van der Waals surface area contributed by atoms with Gasteiger partial charge in [0, 0.05) is 25.2 Å². The SMILES string of the molecule is CNC(=O)c1noc(CNC(=O)C2(Cc3ccc(Cl)cc3)CNC2)n1. The molecule has 1 aromatic heterocycles. The van der Waals surface area contributed by atoms with Gasteiger partial charge in [0.25, 0.3) is 11.7 Å². The van der Waals surface area contributed by atoms with Crippen LogP contribution in [0.1, 0.15) is 22.1 Å². The maximum Gasteiger partial charge on any atom is 0.292 e. The predicted molar refractivity (Wildman–Crippen MR) is 90.0 cm³/mol. The minimum absolute atomic E-state index is 0.0621. The van der Waals surface area contributed by atoms with Crippen molar-refractivity contribution in [3.63, 3.8) is 0 Å². The largest absolute Gasteiger partial charge is 0.352 e. The standard InChI is InChI=1S/C16H18ClN5O3/c1-18-14(23)13-21-12(25-22-13)7-20-15(24)16(8-19-9-16)6-10-2-4-11(17)5-3-10/h2-5,19H,6-9H2,1H3,(H,18,23)(H,20,24). The third-order valence-electron chi connectivity index (χ3n) is 4.16. The highest BCUT2D eigenvalue weighted by Gasteiger charge is 2.44. The van der Waals surface area contributed by atoms with Gasteiger partial charge in [-0.3, -0.25) is 9.59 Å². The molecule has 1 saturated heterocycles. The molecular formula is C16H18ClN5O3. The topological polar surface area (TPSA) is 109 Å². The molecule has 2 heterocycles. The van der Waals surface area contributed by atoms with Crippen molar-refractivity contribution < 1.29 is 14.1 Å². The zero-order valence-electron chi connectivity index (χ0n) is 13.6. The Morgan fingerprint density at radius 3 is 2.64 bits per heavy atom. The van der Waals surface area contributed by atoms with E-state index in [9.17, 15) is 9.59 Å². The van der Waals surface area contributed by atoms with Crippen LogP contribution in [-0.2, 0) is 17.8 Å². The Morgan fingerprint density at radius 1 is 1.32 bits per heavy atom. The molecule has 3 N–H and O–H groups in total. The van der Waals surface area contributed by atoms with Gasteiger partial charge in [0.1, 0.15) is 0 Å². The fraction of sp³-hybridized carbons (Fsp3) is 0.375. The van der Waals surface area contributed by atoms with Gasteiger partial charge in [0.05, 0.1) is 12.0 Å². The Morgan fingerprint density at radius 2 is 2.04 bits per heavy atom. The molecule has 1 aliphatic rings. The summed E-state index contributed by atoms with van der Waals surface area (Å²) in [7, 11) is 1.48. The lowest BCUT2D eigenvalue weighted by atomic mass is 9.75. The van der Waals surface area contributed by atoms with E-state index in [0.29, 0.717) is 24.5 Å². The van der Waals surface area contributed by atoms with Crippen molar-refractivity contribution in [1.82, 2.24) is 26.1 Å². The molecule has 0 unspecified atom stereocenters. The van der Waals surface area contributed by atoms with Gasteiger partial charge in [-0.15, -0.1) is 0 Å². The molecule has 0 saturated carbocycles. The number of nitrogens with zero attached hydrogens (tertiary/aromatic N) is 2. The highest BCUT2D eigenvalue weighted by molar-refractivity contribution is 6.30. The first kappa shape index (κ1) is 17.4. The van der Waals surface area contributed by atoms with Crippen LogP contribution in [0.25, 0.3) is 0 Å². The Balaban J connectivity index is 1.61. The summed E-state index contributed by atoms with van der Waals surface area (Å²) in [4.78, 5) is 28.0. The van der Waals surface area contributed by atoms with Crippen molar-refractivity contribution in [2.45, 2.75) is 13.0 Å². The van der Waals surface area contributed by atoms with Crippen LogP contribution in [0.5, 0.6) is 0 Å². The smallest absolute Gasteiger partial charge is 0.292 e. The van der Waals surface area contributed by atoms with E-state index < -0.39 is 11.3 Å². The van der Waals surface area contributed by atoms with Gasteiger partial charge in [-0.2, -0.15) is 4.98 Å². The summed E-state index contributed by atoms with van der Waals surface area (Å²) in [5.74, 6) is -0.418. The molecule has 25 heavy (non-hydrogen) atoms. The molecule has 3 rings (SSSR count). The molecule has 0 spiro atoms. The van der Waals surface area contributed by atoms with E-state index in [1.807, 2.05) is 24.3 Å². The molecule has 2 amide bonds. The number of aromatic nitrogens is 2. The van der Waals surface area contributed by atoms with Crippen molar-refractivity contribution in [3.05, 3.63) is 46.6 Å². The summed E-state index contributed by atoms with van der Waals surface area (Å²) in [6.07, 6.45) is 0.607. The lowest BCUT2D eigenvalue weighted by molar-refractivity contribution is -0.134. The van der Waals surface area contributed by atoms with E-state index in [1.54, 1.807) is 0 Å². The molecule has 0 aliphatic carbocycles. The first-order valence-electron chi connectivity index (χ1n) is 7.80. The second-order valence-corrected chi connectivity index (χ2v) is 6.40. The van der Waals surface area contributed by atoms with Crippen LogP contribution in [0.3, 0.4) is 0 Å². The lowest BCUT2D eigenvalue weighted by Gasteiger charge is -2.41. The normalized spacial score (nSPS) is 15.3. The number of carbonyl (C=O) groups excluding carboxylic acids is 2. The summed E-state index contributed by atoms with van der Waals surface area (Å²) in [5.41, 5.74) is 0.526. The number of halogens is 1. The van der Waals surface area contributed by atoms with Crippen molar-refractivity contribution in [2.75, 3.05) is 20.1 Å². The molecule has 1 fully saturated rings. The summed E-state index contributed by atoms with van der Waals surface area (Å²) >= 11 is 5.90. The maximum absolute atomic E-state index is 12.6. The Kier molecular flexibility index (Phi) is 5.00. The summed E-state index contributed by atoms with van der Waals surface area (Å²) in [6, 6.07) is 7.47. The van der Waals surface area contributed by atoms with Crippen LogP contribution in [-0.4, -0.2) is 42.1 Å². The van der Waals surface area contributed by atoms with Crippen molar-refractivity contribution in [2.24, 2.45) is 5.41 Å². The van der Waals surface area contributed by atoms with Gasteiger partial charge >= 0.3 is 0 Å². The van der Waals surface area contributed by atoms with E-state index in [1.165, 1.54) is 7.05 Å². The van der Waals surface area contributed by atoms with Crippen LogP contribution in [0.2, 0.25) is 5.02 Å². The Bertz CT molecular complexity index is 770. The zero-order chi connectivity index (χ0) is 17.9. The van der Waals surface area contributed by atoms with Gasteiger partial charge in [-0.05, 0) is 24.1 Å². The molecule has 132 valence electrons. The van der Waals surface area contributed by atoms with E-state index in [4.69, 9.17) is 16.1 Å². The molecule has 2 aromatic rings. The van der Waals surface area contributed by atoms with E-state index in [-0.39, 0.29) is 24.2 Å². The van der Waals surface area contributed by atoms with Crippen LogP contribution in [0, 0.1) is 5.41 Å². The Labute approximate surface area is 149 Å². The number of rotatable bonds is 6. The minimum Gasteiger partial charge on any atom is -0.352 e. The molecule has 1 aromatic carbocycles. The number of benzene rings is 1. The molecule has 0 radical (unpaired) electrons. The van der Waals surface area contributed by atoms with E-state index in [2.05, 4.69) is 26.1 Å². The molecule has 1 aliphatic heterocycles.